The molecule has 0 fully saturated rings. The minimum atomic E-state index is 0.0996. The third-order valence-electron chi connectivity index (χ3n) is 3.26. The van der Waals surface area contributed by atoms with E-state index >= 15 is 0 Å². The van der Waals surface area contributed by atoms with Crippen molar-refractivity contribution in [3.63, 3.8) is 0 Å². The van der Waals surface area contributed by atoms with E-state index in [0.29, 0.717) is 22.6 Å². The van der Waals surface area contributed by atoms with Crippen LogP contribution < -0.4 is 10.5 Å². The summed E-state index contributed by atoms with van der Waals surface area (Å²) in [7, 11) is 0. The minimum absolute atomic E-state index is 0.0996. The summed E-state index contributed by atoms with van der Waals surface area (Å²) in [5, 5.41) is 1.20. The molecule has 0 amide bonds. The first-order valence-electron chi connectivity index (χ1n) is 7.30. The fourth-order valence-electron chi connectivity index (χ4n) is 2.02. The first-order chi connectivity index (χ1) is 9.43. The van der Waals surface area contributed by atoms with Gasteiger partial charge in [-0.25, -0.2) is 0 Å². The molecule has 20 heavy (non-hydrogen) atoms. The van der Waals surface area contributed by atoms with Crippen molar-refractivity contribution in [2.75, 3.05) is 6.61 Å². The maximum atomic E-state index is 6.25. The summed E-state index contributed by atoms with van der Waals surface area (Å²) < 4.78 is 5.87. The van der Waals surface area contributed by atoms with Crippen LogP contribution in [0.2, 0.25) is 10.0 Å². The molecule has 0 aliphatic rings. The molecule has 0 spiro atoms. The van der Waals surface area contributed by atoms with E-state index in [9.17, 15) is 0 Å². The van der Waals surface area contributed by atoms with E-state index in [4.69, 9.17) is 33.7 Å². The zero-order valence-electron chi connectivity index (χ0n) is 12.6. The van der Waals surface area contributed by atoms with Gasteiger partial charge in [-0.05, 0) is 49.3 Å². The molecule has 114 valence electrons. The number of hydrogen-bond acceptors (Lipinski definition) is 2. The monoisotopic (exact) mass is 317 g/mol. The Morgan fingerprint density at radius 3 is 2.55 bits per heavy atom. The molecule has 1 atom stereocenters. The molecule has 4 heteroatoms. The van der Waals surface area contributed by atoms with Crippen LogP contribution in [-0.4, -0.2) is 12.6 Å². The predicted octanol–water partition coefficient (Wildman–Crippen LogP) is 5.09. The molecule has 0 aliphatic heterocycles. The second-order valence-corrected chi connectivity index (χ2v) is 6.48. The molecule has 0 saturated heterocycles. The Morgan fingerprint density at radius 1 is 1.25 bits per heavy atom. The number of nitrogens with two attached hydrogens (primary N) is 1. The molecule has 0 heterocycles. The number of hydrogen-bond donors (Lipinski definition) is 1. The number of rotatable bonds is 8. The quantitative estimate of drug-likeness (QED) is 0.678. The van der Waals surface area contributed by atoms with E-state index in [2.05, 4.69) is 20.8 Å². The fourth-order valence-corrected chi connectivity index (χ4v) is 2.61. The molecule has 0 aliphatic carbocycles. The number of halogens is 2. The molecular formula is C16H25Cl2NO. The Balaban J connectivity index is 2.76. The standard InChI is InChI=1S/C16H25Cl2NO/c1-4-14(19)9-12-8-13(17)10-15(18)16(12)20-7-5-6-11(2)3/h8,10-11,14H,4-7,9,19H2,1-3H3. The van der Waals surface area contributed by atoms with E-state index in [0.717, 1.165) is 37.0 Å². The van der Waals surface area contributed by atoms with Gasteiger partial charge in [0, 0.05) is 11.1 Å². The SMILES string of the molecule is CCC(N)Cc1cc(Cl)cc(Cl)c1OCCCC(C)C. The number of ether oxygens (including phenoxy) is 1. The Hall–Kier alpha value is -0.440. The van der Waals surface area contributed by atoms with Crippen LogP contribution in [0.5, 0.6) is 5.75 Å². The van der Waals surface area contributed by atoms with Gasteiger partial charge in [-0.2, -0.15) is 0 Å². The molecular weight excluding hydrogens is 293 g/mol. The molecule has 1 aromatic rings. The molecule has 2 N–H and O–H groups in total. The van der Waals surface area contributed by atoms with Crippen molar-refractivity contribution < 1.29 is 4.74 Å². The highest BCUT2D eigenvalue weighted by Crippen LogP contribution is 2.33. The summed E-state index contributed by atoms with van der Waals surface area (Å²) in [6, 6.07) is 3.73. The van der Waals surface area contributed by atoms with E-state index in [-0.39, 0.29) is 6.04 Å². The van der Waals surface area contributed by atoms with Gasteiger partial charge in [0.1, 0.15) is 5.75 Å². The summed E-state index contributed by atoms with van der Waals surface area (Å²) in [5.41, 5.74) is 7.03. The van der Waals surface area contributed by atoms with Crippen molar-refractivity contribution >= 4 is 23.2 Å². The zero-order valence-corrected chi connectivity index (χ0v) is 14.1. The van der Waals surface area contributed by atoms with E-state index in [1.807, 2.05) is 6.07 Å². The van der Waals surface area contributed by atoms with Crippen molar-refractivity contribution in [1.29, 1.82) is 0 Å². The predicted molar refractivity (Wildman–Crippen MR) is 88.0 cm³/mol. The fraction of sp³-hybridized carbons (Fsp3) is 0.625. The van der Waals surface area contributed by atoms with Gasteiger partial charge in [0.15, 0.2) is 0 Å². The highest BCUT2D eigenvalue weighted by Gasteiger charge is 2.13. The Morgan fingerprint density at radius 2 is 1.95 bits per heavy atom. The Bertz CT molecular complexity index is 421. The van der Waals surface area contributed by atoms with E-state index in [1.54, 1.807) is 6.07 Å². The summed E-state index contributed by atoms with van der Waals surface area (Å²) in [6.07, 6.45) is 3.82. The maximum absolute atomic E-state index is 6.25. The van der Waals surface area contributed by atoms with Crippen LogP contribution in [0.1, 0.15) is 45.6 Å². The third-order valence-corrected chi connectivity index (χ3v) is 3.76. The zero-order chi connectivity index (χ0) is 15.1. The van der Waals surface area contributed by atoms with Crippen molar-refractivity contribution in [1.82, 2.24) is 0 Å². The van der Waals surface area contributed by atoms with Crippen molar-refractivity contribution in [2.45, 2.75) is 52.5 Å². The van der Waals surface area contributed by atoms with Crippen LogP contribution in [0.15, 0.2) is 12.1 Å². The smallest absolute Gasteiger partial charge is 0.141 e. The van der Waals surface area contributed by atoms with Gasteiger partial charge in [0.05, 0.1) is 11.6 Å². The number of benzene rings is 1. The lowest BCUT2D eigenvalue weighted by Gasteiger charge is -2.16. The molecule has 0 aromatic heterocycles. The first kappa shape index (κ1) is 17.6. The highest BCUT2D eigenvalue weighted by atomic mass is 35.5. The molecule has 1 rings (SSSR count). The molecule has 1 unspecified atom stereocenters. The lowest BCUT2D eigenvalue weighted by atomic mass is 10.0. The van der Waals surface area contributed by atoms with Crippen LogP contribution in [0.3, 0.4) is 0 Å². The summed E-state index contributed by atoms with van der Waals surface area (Å²) >= 11 is 12.3. The first-order valence-corrected chi connectivity index (χ1v) is 8.05. The average Bonchev–Trinajstić information content (AvgIpc) is 2.36. The second-order valence-electron chi connectivity index (χ2n) is 5.63. The van der Waals surface area contributed by atoms with Crippen molar-refractivity contribution in [3.8, 4) is 5.75 Å². The van der Waals surface area contributed by atoms with Gasteiger partial charge in [-0.1, -0.05) is 44.0 Å². The van der Waals surface area contributed by atoms with Crippen molar-refractivity contribution in [3.05, 3.63) is 27.7 Å². The van der Waals surface area contributed by atoms with Crippen LogP contribution >= 0.6 is 23.2 Å². The van der Waals surface area contributed by atoms with Gasteiger partial charge in [0.25, 0.3) is 0 Å². The van der Waals surface area contributed by atoms with Crippen LogP contribution in [-0.2, 0) is 6.42 Å². The van der Waals surface area contributed by atoms with Crippen molar-refractivity contribution in [2.24, 2.45) is 11.7 Å². The lowest BCUT2D eigenvalue weighted by Crippen LogP contribution is -2.22. The van der Waals surface area contributed by atoms with Crippen LogP contribution in [0.25, 0.3) is 0 Å². The van der Waals surface area contributed by atoms with Gasteiger partial charge in [-0.15, -0.1) is 0 Å². The van der Waals surface area contributed by atoms with E-state index in [1.165, 1.54) is 0 Å². The highest BCUT2D eigenvalue weighted by molar-refractivity contribution is 6.35. The summed E-state index contributed by atoms with van der Waals surface area (Å²) in [4.78, 5) is 0. The topological polar surface area (TPSA) is 35.2 Å². The van der Waals surface area contributed by atoms with Gasteiger partial charge in [0.2, 0.25) is 0 Å². The van der Waals surface area contributed by atoms with E-state index < -0.39 is 0 Å². The molecule has 0 radical (unpaired) electrons. The summed E-state index contributed by atoms with van der Waals surface area (Å²) in [5.74, 6) is 1.43. The average molecular weight is 318 g/mol. The normalized spacial score (nSPS) is 12.8. The Kier molecular flexibility index (Phi) is 7.71. The molecule has 2 nitrogen and oxygen atoms in total. The van der Waals surface area contributed by atoms with Gasteiger partial charge >= 0.3 is 0 Å². The lowest BCUT2D eigenvalue weighted by molar-refractivity contribution is 0.294. The Labute approximate surface area is 132 Å². The second kappa shape index (κ2) is 8.76. The molecule has 1 aromatic carbocycles. The maximum Gasteiger partial charge on any atom is 0.141 e. The van der Waals surface area contributed by atoms with Crippen LogP contribution in [0, 0.1) is 5.92 Å². The molecule has 0 bridgehead atoms. The van der Waals surface area contributed by atoms with Gasteiger partial charge < -0.3 is 10.5 Å². The summed E-state index contributed by atoms with van der Waals surface area (Å²) in [6.45, 7) is 7.16. The van der Waals surface area contributed by atoms with Gasteiger partial charge in [-0.3, -0.25) is 0 Å². The molecule has 0 saturated carbocycles. The van der Waals surface area contributed by atoms with Crippen LogP contribution in [0.4, 0.5) is 0 Å². The largest absolute Gasteiger partial charge is 0.492 e. The minimum Gasteiger partial charge on any atom is -0.492 e. The third kappa shape index (κ3) is 5.90.